The third-order valence-corrected chi connectivity index (χ3v) is 22.4. The van der Waals surface area contributed by atoms with E-state index in [1.54, 1.807) is 6.08 Å². The lowest BCUT2D eigenvalue weighted by atomic mass is 9.96. The van der Waals surface area contributed by atoms with Crippen molar-refractivity contribution in [2.24, 2.45) is 0 Å². The summed E-state index contributed by atoms with van der Waals surface area (Å²) in [6.07, 6.45) is 60.1. The summed E-state index contributed by atoms with van der Waals surface area (Å²) in [5, 5.41) is 121. The van der Waals surface area contributed by atoms with Crippen LogP contribution in [0.3, 0.4) is 0 Å². The van der Waals surface area contributed by atoms with Crippen LogP contribution in [0.5, 0.6) is 0 Å². The second-order valence-electron chi connectivity index (χ2n) is 32.1. The first-order valence-corrected chi connectivity index (χ1v) is 44.7. The molecule has 0 aromatic carbocycles. The lowest BCUT2D eigenvalue weighted by Gasteiger charge is -2.48. The Balaban J connectivity index is 1.34. The maximum Gasteiger partial charge on any atom is 0.220 e. The highest BCUT2D eigenvalue weighted by Crippen LogP contribution is 2.34. The Bertz CT molecular complexity index is 2070. The molecule has 107 heavy (non-hydrogen) atoms. The molecule has 3 saturated heterocycles. The average molecular weight is 1530 g/mol. The fourth-order valence-electron chi connectivity index (χ4n) is 15.3. The molecule has 0 radical (unpaired) electrons. The van der Waals surface area contributed by atoms with Gasteiger partial charge in [-0.15, -0.1) is 0 Å². The highest BCUT2D eigenvalue weighted by atomic mass is 16.8. The van der Waals surface area contributed by atoms with Crippen LogP contribution in [-0.2, 0) is 33.2 Å². The summed E-state index contributed by atoms with van der Waals surface area (Å²) in [6, 6.07) is -0.974. The molecule has 1 amide bonds. The van der Waals surface area contributed by atoms with Crippen molar-refractivity contribution in [3.8, 4) is 0 Å². The summed E-state index contributed by atoms with van der Waals surface area (Å²) < 4.78 is 34.5. The molecule has 0 saturated carbocycles. The summed E-state index contributed by atoms with van der Waals surface area (Å²) in [4.78, 5) is 13.5. The molecule has 3 rings (SSSR count). The smallest absolute Gasteiger partial charge is 0.220 e. The van der Waals surface area contributed by atoms with E-state index < -0.39 is 124 Å². The van der Waals surface area contributed by atoms with E-state index in [0.29, 0.717) is 6.42 Å². The third-order valence-electron chi connectivity index (χ3n) is 22.4. The lowest BCUT2D eigenvalue weighted by molar-refractivity contribution is -0.379. The summed E-state index contributed by atoms with van der Waals surface area (Å²) in [7, 11) is 0. The van der Waals surface area contributed by atoms with Gasteiger partial charge in [0.05, 0.1) is 38.6 Å². The fraction of sp³-hybridized carbons (Fsp3) is 0.920. The second kappa shape index (κ2) is 68.4. The first kappa shape index (κ1) is 99.2. The van der Waals surface area contributed by atoms with Gasteiger partial charge in [-0.3, -0.25) is 4.79 Å². The van der Waals surface area contributed by atoms with Crippen LogP contribution in [0.4, 0.5) is 0 Å². The maximum atomic E-state index is 13.5. The van der Waals surface area contributed by atoms with Crippen LogP contribution in [0.15, 0.2) is 36.5 Å². The van der Waals surface area contributed by atoms with Gasteiger partial charge in [0.15, 0.2) is 18.9 Å². The molecular weight excluding hydrogens is 1360 g/mol. The van der Waals surface area contributed by atoms with E-state index in [0.717, 1.165) is 51.4 Å². The van der Waals surface area contributed by atoms with Gasteiger partial charge in [0.25, 0.3) is 0 Å². The quantitative estimate of drug-likeness (QED) is 0.0199. The highest BCUT2D eigenvalue weighted by molar-refractivity contribution is 5.76. The third kappa shape index (κ3) is 47.5. The topological polar surface area (TPSA) is 307 Å². The Morgan fingerprint density at radius 2 is 0.617 bits per heavy atom. The fourth-order valence-corrected chi connectivity index (χ4v) is 15.3. The number of hydrogen-bond donors (Lipinski definition) is 12. The molecule has 17 atom stereocenters. The average Bonchev–Trinajstić information content (AvgIpc) is 0.780. The molecule has 3 fully saturated rings. The minimum atomic E-state index is -1.98. The first-order chi connectivity index (χ1) is 52.3. The summed E-state index contributed by atoms with van der Waals surface area (Å²) in [5.41, 5.74) is 0. The number of allylic oxidation sites excluding steroid dienone is 5. The molecule has 12 N–H and O–H groups in total. The molecule has 3 aliphatic heterocycles. The summed E-state index contributed by atoms with van der Waals surface area (Å²) in [6.45, 7) is 1.79. The van der Waals surface area contributed by atoms with Crippen LogP contribution in [-0.4, -0.2) is 193 Å². The van der Waals surface area contributed by atoms with Gasteiger partial charge in [-0.25, -0.2) is 0 Å². The normalized spacial score (nSPS) is 25.6. The second-order valence-corrected chi connectivity index (χ2v) is 32.1. The van der Waals surface area contributed by atoms with Crippen molar-refractivity contribution in [2.45, 2.75) is 491 Å². The molecule has 19 heteroatoms. The van der Waals surface area contributed by atoms with Crippen LogP contribution in [0.25, 0.3) is 0 Å². The summed E-state index contributed by atoms with van der Waals surface area (Å²) in [5.74, 6) is -0.268. The van der Waals surface area contributed by atoms with Crippen LogP contribution in [0.2, 0.25) is 0 Å². The monoisotopic (exact) mass is 1520 g/mol. The zero-order valence-corrected chi connectivity index (χ0v) is 67.9. The van der Waals surface area contributed by atoms with Crippen molar-refractivity contribution in [3.05, 3.63) is 36.5 Å². The van der Waals surface area contributed by atoms with Crippen molar-refractivity contribution in [1.82, 2.24) is 5.32 Å². The van der Waals surface area contributed by atoms with Gasteiger partial charge in [-0.1, -0.05) is 365 Å². The number of carbonyl (C=O) groups is 1. The largest absolute Gasteiger partial charge is 0.394 e. The lowest BCUT2D eigenvalue weighted by Crippen LogP contribution is -2.66. The number of ether oxygens (including phenoxy) is 6. The van der Waals surface area contributed by atoms with E-state index in [-0.39, 0.29) is 18.9 Å². The van der Waals surface area contributed by atoms with Crippen LogP contribution in [0, 0.1) is 0 Å². The molecule has 630 valence electrons. The molecule has 3 aliphatic rings. The van der Waals surface area contributed by atoms with E-state index >= 15 is 0 Å². The Labute approximate surface area is 651 Å². The standard InChI is InChI=1S/C88H165NO18/c1-3-5-7-9-11-13-15-17-19-21-23-25-27-29-31-33-35-37-39-41-43-45-47-49-51-53-55-57-59-61-63-65-72(93)71(89-76(94)66-64-62-60-58-56-54-52-50-48-46-44-42-40-38-36-34-32-30-28-26-24-22-20-18-16-14-12-10-8-6-4-2)70-102-86-82(100)79(97)84(74(68-91)104-86)107-88-83(101)80(98)85(75(69-92)105-88)106-87-81(99)78(96)77(95)73(67-90)103-87/h16,18,22,24,63,65,71-75,77-88,90-93,95-101H,3-15,17,19-21,23,25-62,64,66-70H2,1-2H3,(H,89,94)/b18-16-,24-22-,65-63+. The van der Waals surface area contributed by atoms with Crippen molar-refractivity contribution in [1.29, 1.82) is 0 Å². The number of hydrogen-bond acceptors (Lipinski definition) is 18. The van der Waals surface area contributed by atoms with E-state index in [4.69, 9.17) is 28.4 Å². The minimum absolute atomic E-state index is 0.247. The van der Waals surface area contributed by atoms with Crippen LogP contribution >= 0.6 is 0 Å². The molecule has 0 bridgehead atoms. The zero-order chi connectivity index (χ0) is 77.4. The van der Waals surface area contributed by atoms with Gasteiger partial charge in [0.1, 0.15) is 73.2 Å². The Morgan fingerprint density at radius 1 is 0.336 bits per heavy atom. The number of aliphatic hydroxyl groups is 11. The maximum absolute atomic E-state index is 13.5. The van der Waals surface area contributed by atoms with Gasteiger partial charge in [0, 0.05) is 6.42 Å². The van der Waals surface area contributed by atoms with Gasteiger partial charge < -0.3 is 89.9 Å². The SMILES string of the molecule is CCCCCCC/C=C\C/C=C\CCCCCCCCCCCCCCCCCCCCCC(=O)NC(COC1OC(CO)C(OC2OC(CO)C(OC3OC(CO)C(O)C(O)C3O)C(O)C2O)C(O)C1O)C(O)/C=C/CCCCCCCCCCCCCCCCCCCCCCCCCCCCCCC. The predicted octanol–water partition coefficient (Wildman–Crippen LogP) is 16.6. The Morgan fingerprint density at radius 3 is 0.953 bits per heavy atom. The molecule has 17 unspecified atom stereocenters. The molecular formula is C88H165NO18. The van der Waals surface area contributed by atoms with E-state index in [1.165, 1.54) is 308 Å². The highest BCUT2D eigenvalue weighted by Gasteiger charge is 2.54. The number of amides is 1. The van der Waals surface area contributed by atoms with E-state index in [9.17, 15) is 61.0 Å². The van der Waals surface area contributed by atoms with Crippen molar-refractivity contribution in [2.75, 3.05) is 26.4 Å². The molecule has 0 aromatic heterocycles. The number of rotatable bonds is 73. The van der Waals surface area contributed by atoms with Crippen molar-refractivity contribution >= 4 is 5.91 Å². The molecule has 0 aromatic rings. The molecule has 3 heterocycles. The van der Waals surface area contributed by atoms with Crippen molar-refractivity contribution < 1.29 is 89.4 Å². The van der Waals surface area contributed by atoms with Crippen LogP contribution in [0.1, 0.15) is 386 Å². The van der Waals surface area contributed by atoms with Gasteiger partial charge >= 0.3 is 0 Å². The molecule has 0 spiro atoms. The van der Waals surface area contributed by atoms with E-state index in [2.05, 4.69) is 43.5 Å². The predicted molar refractivity (Wildman–Crippen MR) is 429 cm³/mol. The molecule has 19 nitrogen and oxygen atoms in total. The number of aliphatic hydroxyl groups excluding tert-OH is 11. The van der Waals surface area contributed by atoms with Gasteiger partial charge in [-0.05, 0) is 51.4 Å². The summed E-state index contributed by atoms with van der Waals surface area (Å²) >= 11 is 0. The van der Waals surface area contributed by atoms with Gasteiger partial charge in [-0.2, -0.15) is 0 Å². The zero-order valence-electron chi connectivity index (χ0n) is 67.9. The Hall–Kier alpha value is -1.99. The van der Waals surface area contributed by atoms with Crippen LogP contribution < -0.4 is 5.32 Å². The Kier molecular flexibility index (Phi) is 63.4. The van der Waals surface area contributed by atoms with Gasteiger partial charge in [0.2, 0.25) is 5.91 Å². The first-order valence-electron chi connectivity index (χ1n) is 44.7. The van der Waals surface area contributed by atoms with E-state index in [1.807, 2.05) is 6.08 Å². The van der Waals surface area contributed by atoms with Crippen molar-refractivity contribution in [3.63, 3.8) is 0 Å². The number of unbranched alkanes of at least 4 members (excludes halogenated alkanes) is 53. The number of carbonyl (C=O) groups excluding carboxylic acids is 1. The molecule has 0 aliphatic carbocycles. The minimum Gasteiger partial charge on any atom is -0.394 e. The number of nitrogens with one attached hydrogen (secondary N) is 1.